The Morgan fingerprint density at radius 3 is 2.30 bits per heavy atom. The molecule has 0 atom stereocenters. The first-order valence-electron chi connectivity index (χ1n) is 8.55. The minimum absolute atomic E-state index is 0. The standard InChI is InChI=1S/C17H35NO.ClH/c1-16(2)8-4-3-5-9-17-10-13-18(14-11-17)12-6-7-15-19;/h16-17,19H,3-15H2,1-2H3;1H. The molecule has 1 aliphatic heterocycles. The van der Waals surface area contributed by atoms with Crippen LogP contribution in [0, 0.1) is 11.8 Å². The normalized spacial score (nSPS) is 17.4. The second kappa shape index (κ2) is 12.9. The lowest BCUT2D eigenvalue weighted by Gasteiger charge is -2.32. The van der Waals surface area contributed by atoms with Crippen molar-refractivity contribution in [2.24, 2.45) is 11.8 Å². The summed E-state index contributed by atoms with van der Waals surface area (Å²) < 4.78 is 0. The van der Waals surface area contributed by atoms with Crippen LogP contribution in [0.25, 0.3) is 0 Å². The van der Waals surface area contributed by atoms with Gasteiger partial charge >= 0.3 is 0 Å². The molecule has 0 aliphatic carbocycles. The molecule has 3 heteroatoms. The van der Waals surface area contributed by atoms with Crippen LogP contribution in [-0.2, 0) is 0 Å². The van der Waals surface area contributed by atoms with E-state index in [1.54, 1.807) is 0 Å². The van der Waals surface area contributed by atoms with Gasteiger partial charge in [-0.1, -0.05) is 46.0 Å². The lowest BCUT2D eigenvalue weighted by molar-refractivity contribution is 0.169. The van der Waals surface area contributed by atoms with Crippen LogP contribution in [0.15, 0.2) is 0 Å². The van der Waals surface area contributed by atoms with Crippen molar-refractivity contribution in [3.05, 3.63) is 0 Å². The monoisotopic (exact) mass is 305 g/mol. The summed E-state index contributed by atoms with van der Waals surface area (Å²) in [7, 11) is 0. The summed E-state index contributed by atoms with van der Waals surface area (Å²) in [5.74, 6) is 1.87. The smallest absolute Gasteiger partial charge is 0.0431 e. The Kier molecular flexibility index (Phi) is 13.0. The van der Waals surface area contributed by atoms with Gasteiger partial charge in [-0.05, 0) is 57.2 Å². The average Bonchev–Trinajstić information content (AvgIpc) is 2.40. The van der Waals surface area contributed by atoms with E-state index in [9.17, 15) is 0 Å². The number of hydrogen-bond acceptors (Lipinski definition) is 2. The Labute approximate surface area is 132 Å². The van der Waals surface area contributed by atoms with Crippen LogP contribution in [0.1, 0.15) is 71.6 Å². The SMILES string of the molecule is CC(C)CCCCCC1CCN(CCCCO)CC1.Cl. The number of piperidine rings is 1. The van der Waals surface area contributed by atoms with Gasteiger partial charge in [-0.15, -0.1) is 12.4 Å². The lowest BCUT2D eigenvalue weighted by Crippen LogP contribution is -2.34. The number of hydrogen-bond donors (Lipinski definition) is 1. The summed E-state index contributed by atoms with van der Waals surface area (Å²) in [6.07, 6.45) is 12.1. The van der Waals surface area contributed by atoms with Gasteiger partial charge in [-0.3, -0.25) is 0 Å². The van der Waals surface area contributed by atoms with Crippen molar-refractivity contribution < 1.29 is 5.11 Å². The van der Waals surface area contributed by atoms with E-state index in [0.717, 1.165) is 24.7 Å². The minimum atomic E-state index is 0. The van der Waals surface area contributed by atoms with Crippen LogP contribution >= 0.6 is 12.4 Å². The zero-order chi connectivity index (χ0) is 13.9. The molecule has 122 valence electrons. The van der Waals surface area contributed by atoms with Crippen molar-refractivity contribution in [1.82, 2.24) is 4.90 Å². The molecule has 1 fully saturated rings. The van der Waals surface area contributed by atoms with E-state index in [1.807, 2.05) is 0 Å². The van der Waals surface area contributed by atoms with Gasteiger partial charge in [0.25, 0.3) is 0 Å². The van der Waals surface area contributed by atoms with Gasteiger partial charge in [0.05, 0.1) is 0 Å². The second-order valence-corrected chi connectivity index (χ2v) is 6.75. The second-order valence-electron chi connectivity index (χ2n) is 6.75. The van der Waals surface area contributed by atoms with Crippen molar-refractivity contribution in [2.45, 2.75) is 71.6 Å². The lowest BCUT2D eigenvalue weighted by atomic mass is 9.90. The number of rotatable bonds is 10. The minimum Gasteiger partial charge on any atom is -0.396 e. The van der Waals surface area contributed by atoms with Gasteiger partial charge in [0.15, 0.2) is 0 Å². The molecular formula is C17H36ClNO. The maximum Gasteiger partial charge on any atom is 0.0431 e. The molecule has 1 heterocycles. The molecule has 20 heavy (non-hydrogen) atoms. The van der Waals surface area contributed by atoms with Crippen molar-refractivity contribution in [2.75, 3.05) is 26.2 Å². The zero-order valence-corrected chi connectivity index (χ0v) is 14.5. The molecule has 0 aromatic heterocycles. The summed E-state index contributed by atoms with van der Waals surface area (Å²) in [5, 5.41) is 8.79. The molecule has 2 nitrogen and oxygen atoms in total. The fourth-order valence-electron chi connectivity index (χ4n) is 3.11. The summed E-state index contributed by atoms with van der Waals surface area (Å²) in [5.41, 5.74) is 0. The highest BCUT2D eigenvalue weighted by Gasteiger charge is 2.18. The Bertz CT molecular complexity index is 203. The van der Waals surface area contributed by atoms with Crippen LogP contribution in [0.5, 0.6) is 0 Å². The van der Waals surface area contributed by atoms with Crippen LogP contribution in [0.3, 0.4) is 0 Å². The average molecular weight is 306 g/mol. The molecule has 0 amide bonds. The molecule has 1 rings (SSSR count). The molecule has 0 saturated carbocycles. The molecule has 0 aromatic carbocycles. The third kappa shape index (κ3) is 10.0. The Morgan fingerprint density at radius 2 is 1.70 bits per heavy atom. The zero-order valence-electron chi connectivity index (χ0n) is 13.6. The maximum atomic E-state index is 8.79. The van der Waals surface area contributed by atoms with Gasteiger partial charge in [0.2, 0.25) is 0 Å². The molecule has 0 aromatic rings. The number of unbranched alkanes of at least 4 members (excludes halogenated alkanes) is 3. The van der Waals surface area contributed by atoms with E-state index in [2.05, 4.69) is 18.7 Å². The highest BCUT2D eigenvalue weighted by molar-refractivity contribution is 5.85. The predicted molar refractivity (Wildman–Crippen MR) is 90.7 cm³/mol. The van der Waals surface area contributed by atoms with E-state index in [0.29, 0.717) is 6.61 Å². The predicted octanol–water partition coefficient (Wildman–Crippen LogP) is 4.50. The first-order chi connectivity index (χ1) is 9.22. The van der Waals surface area contributed by atoms with Crippen LogP contribution in [-0.4, -0.2) is 36.2 Å². The molecule has 0 radical (unpaired) electrons. The Balaban J connectivity index is 0.00000361. The quantitative estimate of drug-likeness (QED) is 0.601. The molecule has 1 saturated heterocycles. The summed E-state index contributed by atoms with van der Waals surface area (Å²) in [6, 6.07) is 0. The van der Waals surface area contributed by atoms with E-state index in [1.165, 1.54) is 64.6 Å². The van der Waals surface area contributed by atoms with E-state index >= 15 is 0 Å². The molecular weight excluding hydrogens is 270 g/mol. The molecule has 1 N–H and O–H groups in total. The van der Waals surface area contributed by atoms with Gasteiger partial charge < -0.3 is 10.0 Å². The van der Waals surface area contributed by atoms with Gasteiger partial charge in [-0.2, -0.15) is 0 Å². The number of aliphatic hydroxyl groups is 1. The van der Waals surface area contributed by atoms with Gasteiger partial charge in [-0.25, -0.2) is 0 Å². The van der Waals surface area contributed by atoms with E-state index < -0.39 is 0 Å². The highest BCUT2D eigenvalue weighted by Crippen LogP contribution is 2.23. The van der Waals surface area contributed by atoms with Gasteiger partial charge in [0.1, 0.15) is 0 Å². The first-order valence-corrected chi connectivity index (χ1v) is 8.55. The first kappa shape index (κ1) is 20.2. The molecule has 0 spiro atoms. The van der Waals surface area contributed by atoms with Gasteiger partial charge in [0, 0.05) is 6.61 Å². The topological polar surface area (TPSA) is 23.5 Å². The fraction of sp³-hybridized carbons (Fsp3) is 1.00. The number of aliphatic hydroxyl groups excluding tert-OH is 1. The summed E-state index contributed by atoms with van der Waals surface area (Å²) in [4.78, 5) is 2.59. The highest BCUT2D eigenvalue weighted by atomic mass is 35.5. The van der Waals surface area contributed by atoms with Crippen LogP contribution in [0.4, 0.5) is 0 Å². The number of halogens is 1. The van der Waals surface area contributed by atoms with E-state index in [-0.39, 0.29) is 12.4 Å². The van der Waals surface area contributed by atoms with Crippen molar-refractivity contribution in [3.63, 3.8) is 0 Å². The Morgan fingerprint density at radius 1 is 1.00 bits per heavy atom. The Hall–Kier alpha value is 0.210. The fourth-order valence-corrected chi connectivity index (χ4v) is 3.11. The van der Waals surface area contributed by atoms with E-state index in [4.69, 9.17) is 5.11 Å². The third-order valence-corrected chi connectivity index (χ3v) is 4.48. The summed E-state index contributed by atoms with van der Waals surface area (Å²) in [6.45, 7) is 8.79. The van der Waals surface area contributed by atoms with Crippen LogP contribution in [0.2, 0.25) is 0 Å². The van der Waals surface area contributed by atoms with Crippen molar-refractivity contribution >= 4 is 12.4 Å². The van der Waals surface area contributed by atoms with Crippen molar-refractivity contribution in [1.29, 1.82) is 0 Å². The number of likely N-dealkylation sites (tertiary alicyclic amines) is 1. The molecule has 0 bridgehead atoms. The maximum absolute atomic E-state index is 8.79. The summed E-state index contributed by atoms with van der Waals surface area (Å²) >= 11 is 0. The van der Waals surface area contributed by atoms with Crippen LogP contribution < -0.4 is 0 Å². The number of nitrogens with zero attached hydrogens (tertiary/aromatic N) is 1. The van der Waals surface area contributed by atoms with Crippen molar-refractivity contribution in [3.8, 4) is 0 Å². The molecule has 0 unspecified atom stereocenters. The molecule has 1 aliphatic rings. The largest absolute Gasteiger partial charge is 0.396 e. The third-order valence-electron chi connectivity index (χ3n) is 4.48.